The molecule has 1 aromatic heterocycles. The summed E-state index contributed by atoms with van der Waals surface area (Å²) in [6.45, 7) is 1.07. The highest BCUT2D eigenvalue weighted by Crippen LogP contribution is 2.44. The van der Waals surface area contributed by atoms with Gasteiger partial charge < -0.3 is 10.4 Å². The number of aliphatic hydroxyl groups excluding tert-OH is 1. The third-order valence-electron chi connectivity index (χ3n) is 2.52. The van der Waals surface area contributed by atoms with Gasteiger partial charge in [-0.3, -0.25) is 0 Å². The molecule has 1 heterocycles. The van der Waals surface area contributed by atoms with Crippen molar-refractivity contribution >= 4 is 5.82 Å². The molecule has 0 radical (unpaired) electrons. The molecule has 0 atom stereocenters. The van der Waals surface area contributed by atoms with Gasteiger partial charge in [0.15, 0.2) is 0 Å². The largest absolute Gasteiger partial charge is 0.396 e. The second kappa shape index (κ2) is 3.30. The van der Waals surface area contributed by atoms with E-state index in [1.807, 2.05) is 6.07 Å². The fourth-order valence-electron chi connectivity index (χ4n) is 1.24. The zero-order chi connectivity index (χ0) is 9.15. The summed E-state index contributed by atoms with van der Waals surface area (Å²) in [5.74, 6) is 0.828. The first-order valence-electron chi connectivity index (χ1n) is 4.45. The fraction of sp³-hybridized carbons (Fsp3) is 0.556. The number of hydrogen-bond donors (Lipinski definition) is 2. The summed E-state index contributed by atoms with van der Waals surface area (Å²) in [5, 5.41) is 12.2. The van der Waals surface area contributed by atoms with E-state index in [1.54, 1.807) is 6.20 Å². The quantitative estimate of drug-likeness (QED) is 0.713. The van der Waals surface area contributed by atoms with Crippen LogP contribution in [0.25, 0.3) is 0 Å². The van der Waals surface area contributed by atoms with Gasteiger partial charge >= 0.3 is 0 Å². The highest BCUT2D eigenvalue weighted by molar-refractivity contribution is 5.32. The van der Waals surface area contributed by atoms with Crippen LogP contribution in [0, 0.1) is 5.41 Å². The molecule has 0 aliphatic heterocycles. The summed E-state index contributed by atoms with van der Waals surface area (Å²) < 4.78 is 0. The first-order chi connectivity index (χ1) is 6.35. The van der Waals surface area contributed by atoms with Crippen molar-refractivity contribution in [3.8, 4) is 0 Å². The van der Waals surface area contributed by atoms with E-state index in [9.17, 15) is 0 Å². The van der Waals surface area contributed by atoms with Gasteiger partial charge in [-0.2, -0.15) is 0 Å². The topological polar surface area (TPSA) is 58.0 Å². The molecule has 1 aliphatic carbocycles. The van der Waals surface area contributed by atoms with E-state index in [4.69, 9.17) is 5.11 Å². The summed E-state index contributed by atoms with van der Waals surface area (Å²) >= 11 is 0. The minimum absolute atomic E-state index is 0.130. The van der Waals surface area contributed by atoms with E-state index in [1.165, 1.54) is 6.33 Å². The SMILES string of the molecule is OCC1(CNc2ccncn2)CC1. The summed E-state index contributed by atoms with van der Waals surface area (Å²) in [7, 11) is 0. The monoisotopic (exact) mass is 179 g/mol. The van der Waals surface area contributed by atoms with Crippen LogP contribution in [0.2, 0.25) is 0 Å². The third-order valence-corrected chi connectivity index (χ3v) is 2.52. The van der Waals surface area contributed by atoms with E-state index in [0.29, 0.717) is 0 Å². The fourth-order valence-corrected chi connectivity index (χ4v) is 1.24. The molecule has 2 N–H and O–H groups in total. The molecule has 4 nitrogen and oxygen atoms in total. The molecule has 70 valence electrons. The van der Waals surface area contributed by atoms with E-state index in [0.717, 1.165) is 25.2 Å². The molecule has 0 spiro atoms. The number of rotatable bonds is 4. The van der Waals surface area contributed by atoms with E-state index < -0.39 is 0 Å². The lowest BCUT2D eigenvalue weighted by Crippen LogP contribution is -2.19. The van der Waals surface area contributed by atoms with Crippen LogP contribution in [0.3, 0.4) is 0 Å². The van der Waals surface area contributed by atoms with Crippen molar-refractivity contribution in [1.29, 1.82) is 0 Å². The van der Waals surface area contributed by atoms with Crippen molar-refractivity contribution in [2.75, 3.05) is 18.5 Å². The molecule has 0 amide bonds. The molecule has 0 aromatic carbocycles. The Morgan fingerprint density at radius 1 is 1.54 bits per heavy atom. The predicted molar refractivity (Wildman–Crippen MR) is 49.3 cm³/mol. The highest BCUT2D eigenvalue weighted by Gasteiger charge is 2.41. The third kappa shape index (κ3) is 1.95. The van der Waals surface area contributed by atoms with Crippen LogP contribution in [-0.2, 0) is 0 Å². The molecule has 1 saturated carbocycles. The lowest BCUT2D eigenvalue weighted by Gasteiger charge is -2.12. The first-order valence-corrected chi connectivity index (χ1v) is 4.45. The molecular formula is C9H13N3O. The maximum absolute atomic E-state index is 9.06. The van der Waals surface area contributed by atoms with Crippen LogP contribution in [0.4, 0.5) is 5.82 Å². The molecule has 1 aromatic rings. The number of anilines is 1. The lowest BCUT2D eigenvalue weighted by molar-refractivity contribution is 0.219. The number of nitrogens with one attached hydrogen (secondary N) is 1. The van der Waals surface area contributed by atoms with Crippen LogP contribution >= 0.6 is 0 Å². The molecule has 4 heteroatoms. The Morgan fingerprint density at radius 2 is 2.38 bits per heavy atom. The van der Waals surface area contributed by atoms with Crippen molar-refractivity contribution < 1.29 is 5.11 Å². The minimum Gasteiger partial charge on any atom is -0.396 e. The number of nitrogens with zero attached hydrogens (tertiary/aromatic N) is 2. The second-order valence-corrected chi connectivity index (χ2v) is 3.61. The normalized spacial score (nSPS) is 18.2. The van der Waals surface area contributed by atoms with Gasteiger partial charge in [-0.1, -0.05) is 0 Å². The molecular weight excluding hydrogens is 166 g/mol. The minimum atomic E-state index is 0.130. The lowest BCUT2D eigenvalue weighted by atomic mass is 10.1. The highest BCUT2D eigenvalue weighted by atomic mass is 16.3. The molecule has 0 bridgehead atoms. The van der Waals surface area contributed by atoms with Crippen molar-refractivity contribution in [2.24, 2.45) is 5.41 Å². The van der Waals surface area contributed by atoms with Crippen LogP contribution in [0.1, 0.15) is 12.8 Å². The standard InChI is InChI=1S/C9H13N3O/c13-6-9(2-3-9)5-11-8-1-4-10-7-12-8/h1,4,7,13H,2-3,5-6H2,(H,10,11,12). The van der Waals surface area contributed by atoms with Crippen molar-refractivity contribution in [2.45, 2.75) is 12.8 Å². The predicted octanol–water partition coefficient (Wildman–Crippen LogP) is 0.661. The molecule has 1 aliphatic rings. The summed E-state index contributed by atoms with van der Waals surface area (Å²) in [5.41, 5.74) is 0.130. The summed E-state index contributed by atoms with van der Waals surface area (Å²) in [4.78, 5) is 7.87. The average molecular weight is 179 g/mol. The molecule has 0 saturated heterocycles. The van der Waals surface area contributed by atoms with E-state index >= 15 is 0 Å². The second-order valence-electron chi connectivity index (χ2n) is 3.61. The van der Waals surface area contributed by atoms with E-state index in [-0.39, 0.29) is 12.0 Å². The number of hydrogen-bond acceptors (Lipinski definition) is 4. The van der Waals surface area contributed by atoms with Gasteiger partial charge in [-0.25, -0.2) is 9.97 Å². The van der Waals surface area contributed by atoms with Crippen LogP contribution in [0.5, 0.6) is 0 Å². The van der Waals surface area contributed by atoms with Gasteiger partial charge in [0.05, 0.1) is 6.61 Å². The molecule has 1 fully saturated rings. The van der Waals surface area contributed by atoms with Crippen molar-refractivity contribution in [3.05, 3.63) is 18.6 Å². The average Bonchev–Trinajstić information content (AvgIpc) is 2.97. The summed E-state index contributed by atoms with van der Waals surface area (Å²) in [6, 6.07) is 1.83. The Morgan fingerprint density at radius 3 is 2.92 bits per heavy atom. The van der Waals surface area contributed by atoms with Crippen LogP contribution in [0.15, 0.2) is 18.6 Å². The maximum atomic E-state index is 9.06. The van der Waals surface area contributed by atoms with Gasteiger partial charge in [0.25, 0.3) is 0 Å². The van der Waals surface area contributed by atoms with Gasteiger partial charge in [-0.05, 0) is 18.9 Å². The Bertz CT molecular complexity index is 271. The first kappa shape index (κ1) is 8.44. The maximum Gasteiger partial charge on any atom is 0.129 e. The van der Waals surface area contributed by atoms with Crippen LogP contribution < -0.4 is 5.32 Å². The van der Waals surface area contributed by atoms with Gasteiger partial charge in [0, 0.05) is 18.2 Å². The smallest absolute Gasteiger partial charge is 0.129 e. The Hall–Kier alpha value is -1.16. The van der Waals surface area contributed by atoms with Gasteiger partial charge in [0.2, 0.25) is 0 Å². The molecule has 0 unspecified atom stereocenters. The van der Waals surface area contributed by atoms with Crippen molar-refractivity contribution in [1.82, 2.24) is 9.97 Å². The van der Waals surface area contributed by atoms with Crippen LogP contribution in [-0.4, -0.2) is 28.2 Å². The molecule has 13 heavy (non-hydrogen) atoms. The Balaban J connectivity index is 1.86. The summed E-state index contributed by atoms with van der Waals surface area (Å²) in [6.07, 6.45) is 5.44. The number of aromatic nitrogens is 2. The Kier molecular flexibility index (Phi) is 2.14. The Labute approximate surface area is 77.0 Å². The van der Waals surface area contributed by atoms with Crippen molar-refractivity contribution in [3.63, 3.8) is 0 Å². The zero-order valence-electron chi connectivity index (χ0n) is 7.40. The number of aliphatic hydroxyl groups is 1. The zero-order valence-corrected chi connectivity index (χ0v) is 7.40. The molecule has 2 rings (SSSR count). The van der Waals surface area contributed by atoms with E-state index in [2.05, 4.69) is 15.3 Å². The van der Waals surface area contributed by atoms with Gasteiger partial charge in [-0.15, -0.1) is 0 Å². The van der Waals surface area contributed by atoms with Gasteiger partial charge in [0.1, 0.15) is 12.1 Å².